The molecular weight excluding hydrogens is 242 g/mol. The first kappa shape index (κ1) is 12.1. The summed E-state index contributed by atoms with van der Waals surface area (Å²) in [5.74, 6) is -0.203. The second-order valence-electron chi connectivity index (χ2n) is 3.94. The maximum absolute atomic E-state index is 12.0. The van der Waals surface area contributed by atoms with Crippen LogP contribution in [0.15, 0.2) is 18.3 Å². The van der Waals surface area contributed by atoms with Crippen LogP contribution in [0.4, 0.5) is 5.82 Å². The van der Waals surface area contributed by atoms with E-state index >= 15 is 0 Å². The number of nitrogens with zero attached hydrogens (tertiary/aromatic N) is 2. The van der Waals surface area contributed by atoms with Gasteiger partial charge in [-0.05, 0) is 25.0 Å². The number of aromatic nitrogens is 1. The Kier molecular flexibility index (Phi) is 3.49. The third-order valence-corrected chi connectivity index (χ3v) is 4.16. The predicted molar refractivity (Wildman–Crippen MR) is 63.9 cm³/mol. The van der Waals surface area contributed by atoms with Gasteiger partial charge < -0.3 is 5.11 Å². The maximum Gasteiger partial charge on any atom is 0.302 e. The van der Waals surface area contributed by atoms with E-state index in [0.717, 1.165) is 19.3 Å². The lowest BCUT2D eigenvalue weighted by Crippen LogP contribution is -2.39. The van der Waals surface area contributed by atoms with E-state index in [4.69, 9.17) is 0 Å². The summed E-state index contributed by atoms with van der Waals surface area (Å²) in [7, 11) is -3.60. The van der Waals surface area contributed by atoms with Gasteiger partial charge in [0.05, 0.1) is 0 Å². The van der Waals surface area contributed by atoms with Crippen molar-refractivity contribution in [1.82, 2.24) is 9.29 Å². The highest BCUT2D eigenvalue weighted by Gasteiger charge is 2.24. The lowest BCUT2D eigenvalue weighted by Gasteiger charge is -2.25. The summed E-state index contributed by atoms with van der Waals surface area (Å²) < 4.78 is 27.6. The van der Waals surface area contributed by atoms with Gasteiger partial charge in [0.2, 0.25) is 0 Å². The zero-order chi connectivity index (χ0) is 12.3. The Balaban J connectivity index is 2.14. The van der Waals surface area contributed by atoms with E-state index < -0.39 is 10.2 Å². The highest BCUT2D eigenvalue weighted by atomic mass is 32.2. The van der Waals surface area contributed by atoms with E-state index in [1.54, 1.807) is 0 Å². The summed E-state index contributed by atoms with van der Waals surface area (Å²) >= 11 is 0. The minimum Gasteiger partial charge on any atom is -0.504 e. The highest BCUT2D eigenvalue weighted by molar-refractivity contribution is 7.90. The fourth-order valence-corrected chi connectivity index (χ4v) is 3.04. The third kappa shape index (κ3) is 2.86. The number of hydrogen-bond acceptors (Lipinski definition) is 4. The largest absolute Gasteiger partial charge is 0.504 e. The second-order valence-corrected chi connectivity index (χ2v) is 5.61. The van der Waals surface area contributed by atoms with Crippen LogP contribution in [-0.2, 0) is 10.2 Å². The van der Waals surface area contributed by atoms with Crippen LogP contribution in [0.25, 0.3) is 0 Å². The van der Waals surface area contributed by atoms with Gasteiger partial charge in [0.1, 0.15) is 0 Å². The van der Waals surface area contributed by atoms with E-state index in [9.17, 15) is 13.5 Å². The third-order valence-electron chi connectivity index (χ3n) is 2.67. The monoisotopic (exact) mass is 257 g/mol. The summed E-state index contributed by atoms with van der Waals surface area (Å²) in [6.07, 6.45) is 4.22. The number of anilines is 1. The van der Waals surface area contributed by atoms with Gasteiger partial charge in [-0.1, -0.05) is 6.42 Å². The van der Waals surface area contributed by atoms with Gasteiger partial charge in [0.25, 0.3) is 0 Å². The van der Waals surface area contributed by atoms with Crippen LogP contribution in [0.1, 0.15) is 19.3 Å². The van der Waals surface area contributed by atoms with Crippen molar-refractivity contribution in [3.8, 4) is 5.75 Å². The highest BCUT2D eigenvalue weighted by Crippen LogP contribution is 2.21. The molecule has 2 heterocycles. The lowest BCUT2D eigenvalue weighted by molar-refractivity contribution is 0.348. The molecule has 1 aromatic heterocycles. The van der Waals surface area contributed by atoms with Crippen molar-refractivity contribution in [3.05, 3.63) is 18.3 Å². The molecular formula is C10H15N3O3S. The van der Waals surface area contributed by atoms with Crippen molar-refractivity contribution in [2.45, 2.75) is 19.3 Å². The molecule has 1 saturated heterocycles. The summed E-state index contributed by atoms with van der Waals surface area (Å²) in [4.78, 5) is 3.79. The van der Waals surface area contributed by atoms with Crippen LogP contribution in [0.2, 0.25) is 0 Å². The number of pyridine rings is 1. The lowest BCUT2D eigenvalue weighted by atomic mass is 10.2. The fourth-order valence-electron chi connectivity index (χ4n) is 1.77. The first-order chi connectivity index (χ1) is 8.09. The summed E-state index contributed by atoms with van der Waals surface area (Å²) in [5, 5.41) is 9.46. The molecule has 0 aliphatic carbocycles. The molecule has 0 radical (unpaired) electrons. The fraction of sp³-hybridized carbons (Fsp3) is 0.500. The van der Waals surface area contributed by atoms with E-state index in [1.165, 1.54) is 22.6 Å². The van der Waals surface area contributed by atoms with Crippen LogP contribution >= 0.6 is 0 Å². The van der Waals surface area contributed by atoms with Crippen molar-refractivity contribution in [1.29, 1.82) is 0 Å². The molecule has 94 valence electrons. The molecule has 0 atom stereocenters. The normalized spacial score (nSPS) is 17.9. The minimum absolute atomic E-state index is 0.0296. The predicted octanol–water partition coefficient (Wildman–Crippen LogP) is 0.930. The van der Waals surface area contributed by atoms with Gasteiger partial charge in [-0.15, -0.1) is 0 Å². The minimum atomic E-state index is -3.60. The van der Waals surface area contributed by atoms with E-state index in [0.29, 0.717) is 13.1 Å². The van der Waals surface area contributed by atoms with Crippen molar-refractivity contribution < 1.29 is 13.5 Å². The van der Waals surface area contributed by atoms with Gasteiger partial charge in [0.15, 0.2) is 11.6 Å². The Hall–Kier alpha value is -1.34. The average Bonchev–Trinajstić information content (AvgIpc) is 2.33. The molecule has 2 rings (SSSR count). The molecule has 6 nitrogen and oxygen atoms in total. The van der Waals surface area contributed by atoms with Gasteiger partial charge in [0, 0.05) is 19.3 Å². The van der Waals surface area contributed by atoms with E-state index in [-0.39, 0.29) is 11.6 Å². The quantitative estimate of drug-likeness (QED) is 0.844. The van der Waals surface area contributed by atoms with Crippen LogP contribution in [0.5, 0.6) is 5.75 Å². The van der Waals surface area contributed by atoms with Gasteiger partial charge in [-0.25, -0.2) is 4.98 Å². The maximum atomic E-state index is 12.0. The summed E-state index contributed by atoms with van der Waals surface area (Å²) in [6.45, 7) is 1.03. The first-order valence-electron chi connectivity index (χ1n) is 5.51. The van der Waals surface area contributed by atoms with Crippen molar-refractivity contribution in [2.75, 3.05) is 17.8 Å². The number of piperidine rings is 1. The molecule has 0 spiro atoms. The van der Waals surface area contributed by atoms with Crippen molar-refractivity contribution in [3.63, 3.8) is 0 Å². The van der Waals surface area contributed by atoms with Crippen LogP contribution < -0.4 is 4.72 Å². The molecule has 1 aliphatic heterocycles. The van der Waals surface area contributed by atoms with Crippen LogP contribution in [0, 0.1) is 0 Å². The molecule has 0 bridgehead atoms. The molecule has 0 aromatic carbocycles. The Bertz CT molecular complexity index is 483. The topological polar surface area (TPSA) is 82.5 Å². The van der Waals surface area contributed by atoms with Gasteiger partial charge in [-0.2, -0.15) is 12.7 Å². The smallest absolute Gasteiger partial charge is 0.302 e. The van der Waals surface area contributed by atoms with Gasteiger partial charge in [-0.3, -0.25) is 4.72 Å². The Labute approximate surface area is 100 Å². The summed E-state index contributed by atoms with van der Waals surface area (Å²) in [5.41, 5.74) is 0. The SMILES string of the molecule is O=S(=O)(Nc1ncccc1O)N1CCCCC1. The zero-order valence-electron chi connectivity index (χ0n) is 9.33. The molecule has 7 heteroatoms. The zero-order valence-corrected chi connectivity index (χ0v) is 10.2. The number of nitrogens with one attached hydrogen (secondary N) is 1. The van der Waals surface area contributed by atoms with Crippen LogP contribution in [0.3, 0.4) is 0 Å². The Morgan fingerprint density at radius 2 is 2.00 bits per heavy atom. The van der Waals surface area contributed by atoms with E-state index in [2.05, 4.69) is 9.71 Å². The number of aromatic hydroxyl groups is 1. The van der Waals surface area contributed by atoms with E-state index in [1.807, 2.05) is 0 Å². The van der Waals surface area contributed by atoms with Crippen LogP contribution in [-0.4, -0.2) is 35.9 Å². The van der Waals surface area contributed by atoms with Crippen molar-refractivity contribution in [2.24, 2.45) is 0 Å². The average molecular weight is 257 g/mol. The molecule has 0 unspecified atom stereocenters. The Morgan fingerprint density at radius 1 is 1.29 bits per heavy atom. The molecule has 1 aromatic rings. The molecule has 2 N–H and O–H groups in total. The number of rotatable bonds is 3. The molecule has 0 saturated carbocycles. The molecule has 0 amide bonds. The molecule has 1 aliphatic rings. The standard InChI is InChI=1S/C10H15N3O3S/c14-9-5-4-6-11-10(9)12-17(15,16)13-7-2-1-3-8-13/h4-6,14H,1-3,7-8H2,(H,11,12). The molecule has 1 fully saturated rings. The summed E-state index contributed by atoms with van der Waals surface area (Å²) in [6, 6.07) is 2.93. The second kappa shape index (κ2) is 4.89. The van der Waals surface area contributed by atoms with Crippen molar-refractivity contribution >= 4 is 16.0 Å². The first-order valence-corrected chi connectivity index (χ1v) is 6.95. The van der Waals surface area contributed by atoms with Gasteiger partial charge >= 0.3 is 10.2 Å². The Morgan fingerprint density at radius 3 is 2.65 bits per heavy atom. The number of hydrogen-bond donors (Lipinski definition) is 2. The molecule has 17 heavy (non-hydrogen) atoms.